The molecule has 252 valence electrons. The number of hydrogen-bond acceptors (Lipinski definition) is 7. The fourth-order valence-corrected chi connectivity index (χ4v) is 4.59. The minimum atomic E-state index is -0.309. The Morgan fingerprint density at radius 2 is 0.911 bits per heavy atom. The van der Waals surface area contributed by atoms with Crippen LogP contribution in [0.25, 0.3) is 0 Å². The smallest absolute Gasteiger partial charge is 0.494 e. The van der Waals surface area contributed by atoms with E-state index in [1.54, 1.807) is 0 Å². The van der Waals surface area contributed by atoms with Gasteiger partial charge in [0.2, 0.25) is 0 Å². The summed E-state index contributed by atoms with van der Waals surface area (Å²) in [5, 5.41) is 0.957. The molecule has 0 atom stereocenters. The van der Waals surface area contributed by atoms with Crippen LogP contribution in [0.4, 0.5) is 0 Å². The molecule has 0 amide bonds. The zero-order valence-corrected chi connectivity index (χ0v) is 31.1. The van der Waals surface area contributed by atoms with Crippen molar-refractivity contribution in [1.29, 1.82) is 0 Å². The van der Waals surface area contributed by atoms with Gasteiger partial charge < -0.3 is 33.8 Å². The minimum Gasteiger partial charge on any atom is -0.494 e. The van der Waals surface area contributed by atoms with E-state index in [0.29, 0.717) is 0 Å². The van der Waals surface area contributed by atoms with Gasteiger partial charge in [0.05, 0.1) is 35.6 Å². The summed E-state index contributed by atoms with van der Waals surface area (Å²) in [5.74, 6) is 1.79. The number of ether oxygens (including phenoxy) is 2. The maximum Gasteiger partial charge on any atom is 0.494 e. The molecule has 2 N–H and O–H groups in total. The molecule has 0 bridgehead atoms. The number of hydrogen-bond donors (Lipinski definition) is 1. The Morgan fingerprint density at radius 1 is 0.578 bits per heavy atom. The highest BCUT2D eigenvalue weighted by molar-refractivity contribution is 9.09. The quantitative estimate of drug-likeness (QED) is 0.145. The van der Waals surface area contributed by atoms with Crippen LogP contribution in [0.1, 0.15) is 101 Å². The predicted molar refractivity (Wildman–Crippen MR) is 193 cm³/mol. The monoisotopic (exact) mass is 689 g/mol. The Hall–Kier alpha value is -1.55. The van der Waals surface area contributed by atoms with E-state index in [-0.39, 0.29) is 36.6 Å². The van der Waals surface area contributed by atoms with E-state index in [2.05, 4.69) is 78.2 Å². The average Bonchev–Trinajstić information content (AvgIpc) is 3.34. The molecule has 2 aliphatic heterocycles. The van der Waals surface area contributed by atoms with Gasteiger partial charge in [-0.1, -0.05) is 73.3 Å². The molecule has 45 heavy (non-hydrogen) atoms. The topological polar surface area (TPSA) is 81.4 Å². The molecular formula is C35H58B2BrNO6. The Labute approximate surface area is 283 Å². The van der Waals surface area contributed by atoms with E-state index < -0.39 is 0 Å². The van der Waals surface area contributed by atoms with Crippen molar-refractivity contribution < 1.29 is 28.1 Å². The fraction of sp³-hybridized carbons (Fsp3) is 0.657. The lowest BCUT2D eigenvalue weighted by Crippen LogP contribution is -2.41. The van der Waals surface area contributed by atoms with Crippen LogP contribution >= 0.6 is 15.9 Å². The van der Waals surface area contributed by atoms with E-state index >= 15 is 0 Å². The van der Waals surface area contributed by atoms with Crippen LogP contribution in [0.2, 0.25) is 0 Å². The first-order valence-corrected chi connectivity index (χ1v) is 17.7. The number of nitrogens with two attached hydrogens (primary N) is 1. The lowest BCUT2D eigenvalue weighted by molar-refractivity contribution is 0.00578. The molecule has 4 rings (SSSR count). The van der Waals surface area contributed by atoms with E-state index in [4.69, 9.17) is 33.8 Å². The van der Waals surface area contributed by atoms with Gasteiger partial charge in [0, 0.05) is 5.33 Å². The van der Waals surface area contributed by atoms with Crippen LogP contribution in [0.3, 0.4) is 0 Å². The minimum absolute atomic E-state index is 0.299. The molecule has 0 saturated carbocycles. The first-order chi connectivity index (χ1) is 21.1. The molecule has 2 aromatic carbocycles. The molecule has 0 aliphatic carbocycles. The van der Waals surface area contributed by atoms with Crippen LogP contribution in [0.15, 0.2) is 48.5 Å². The van der Waals surface area contributed by atoms with Gasteiger partial charge in [0.25, 0.3) is 0 Å². The van der Waals surface area contributed by atoms with Gasteiger partial charge in [0.15, 0.2) is 0 Å². The Kier molecular flexibility index (Phi) is 16.0. The summed E-state index contributed by atoms with van der Waals surface area (Å²) >= 11 is 3.39. The predicted octanol–water partition coefficient (Wildman–Crippen LogP) is 7.06. The van der Waals surface area contributed by atoms with E-state index in [0.717, 1.165) is 60.4 Å². The summed E-state index contributed by atoms with van der Waals surface area (Å²) in [5.41, 5.74) is 5.71. The van der Waals surface area contributed by atoms with Crippen LogP contribution in [0, 0.1) is 0 Å². The zero-order chi connectivity index (χ0) is 33.7. The second kappa shape index (κ2) is 18.1. The third kappa shape index (κ3) is 11.9. The van der Waals surface area contributed by atoms with Crippen LogP contribution in [-0.4, -0.2) is 61.7 Å². The van der Waals surface area contributed by atoms with Gasteiger partial charge in [-0.2, -0.15) is 0 Å². The van der Waals surface area contributed by atoms with Gasteiger partial charge in [0.1, 0.15) is 11.5 Å². The Balaban J connectivity index is 0.000000289. The standard InChI is InChI=1S/C18H29BO3.C15H22BBrO3.C2H7N/c1-6-7-8-9-14-20-16-12-10-15(11-13-16)19-21-17(2,3)18(4,5)22-19;1-14(2)15(3,4)20-16(19-14)12-6-8-13(9-7-12)18-11-5-10-17;1-2-3/h10-13H,6-9,14H2,1-5H3;6-9H,5,10-11H2,1-4H3;2-3H2,1H3. The van der Waals surface area contributed by atoms with E-state index in [1.807, 2.05) is 55.5 Å². The second-order valence-corrected chi connectivity index (χ2v) is 14.3. The Morgan fingerprint density at radius 3 is 1.22 bits per heavy atom. The molecule has 7 nitrogen and oxygen atoms in total. The van der Waals surface area contributed by atoms with Crippen molar-refractivity contribution >= 4 is 41.1 Å². The second-order valence-electron chi connectivity index (χ2n) is 13.5. The number of unbranched alkanes of at least 4 members (excludes halogenated alkanes) is 3. The molecule has 0 spiro atoms. The number of rotatable bonds is 12. The van der Waals surface area contributed by atoms with Crippen molar-refractivity contribution in [1.82, 2.24) is 0 Å². The first-order valence-electron chi connectivity index (χ1n) is 16.6. The average molecular weight is 690 g/mol. The van der Waals surface area contributed by atoms with Crippen molar-refractivity contribution in [2.45, 2.75) is 124 Å². The molecule has 0 aromatic heterocycles. The van der Waals surface area contributed by atoms with Crippen LogP contribution < -0.4 is 26.1 Å². The van der Waals surface area contributed by atoms with E-state index in [1.165, 1.54) is 19.3 Å². The molecule has 2 aliphatic rings. The summed E-state index contributed by atoms with van der Waals surface area (Å²) < 4.78 is 35.5. The number of halogens is 1. The molecule has 2 heterocycles. The van der Waals surface area contributed by atoms with Gasteiger partial charge in [-0.25, -0.2) is 0 Å². The van der Waals surface area contributed by atoms with Crippen molar-refractivity contribution in [3.8, 4) is 11.5 Å². The highest BCUT2D eigenvalue weighted by Crippen LogP contribution is 2.37. The lowest BCUT2D eigenvalue weighted by atomic mass is 9.79. The SMILES string of the molecule is CC1(C)OB(c2ccc(OCCCBr)cc2)OC1(C)C.CCCCCCOc1ccc(B2OC(C)(C)C(C)(C)O2)cc1.CCN. The van der Waals surface area contributed by atoms with Crippen molar-refractivity contribution in [2.75, 3.05) is 25.1 Å². The molecule has 2 saturated heterocycles. The summed E-state index contributed by atoms with van der Waals surface area (Å²) in [7, 11) is -0.611. The van der Waals surface area contributed by atoms with Gasteiger partial charge in [-0.05, 0) is 110 Å². The first kappa shape index (κ1) is 39.6. The largest absolute Gasteiger partial charge is 0.494 e. The van der Waals surface area contributed by atoms with Gasteiger partial charge in [-0.15, -0.1) is 0 Å². The van der Waals surface area contributed by atoms with Gasteiger partial charge in [-0.3, -0.25) is 0 Å². The Bertz CT molecular complexity index is 1080. The van der Waals surface area contributed by atoms with Crippen molar-refractivity contribution in [2.24, 2.45) is 5.73 Å². The molecular weight excluding hydrogens is 632 g/mol. The number of benzene rings is 2. The summed E-state index contributed by atoms with van der Waals surface area (Å²) in [6, 6.07) is 16.0. The normalized spacial score (nSPS) is 18.8. The molecule has 2 fully saturated rings. The van der Waals surface area contributed by atoms with Gasteiger partial charge >= 0.3 is 14.2 Å². The molecule has 0 radical (unpaired) electrons. The number of alkyl halides is 1. The third-order valence-corrected chi connectivity index (χ3v) is 9.19. The summed E-state index contributed by atoms with van der Waals surface area (Å²) in [6.45, 7) is 22.9. The maximum atomic E-state index is 6.05. The highest BCUT2D eigenvalue weighted by Gasteiger charge is 2.52. The van der Waals surface area contributed by atoms with Crippen LogP contribution in [-0.2, 0) is 18.6 Å². The third-order valence-electron chi connectivity index (χ3n) is 8.62. The van der Waals surface area contributed by atoms with Crippen molar-refractivity contribution in [3.63, 3.8) is 0 Å². The zero-order valence-electron chi connectivity index (χ0n) is 29.5. The van der Waals surface area contributed by atoms with E-state index in [9.17, 15) is 0 Å². The molecule has 2 aromatic rings. The lowest BCUT2D eigenvalue weighted by Gasteiger charge is -2.32. The van der Waals surface area contributed by atoms with Crippen LogP contribution in [0.5, 0.6) is 11.5 Å². The maximum absolute atomic E-state index is 6.05. The molecule has 0 unspecified atom stereocenters. The highest BCUT2D eigenvalue weighted by atomic mass is 79.9. The summed E-state index contributed by atoms with van der Waals surface area (Å²) in [6.07, 6.45) is 5.89. The molecule has 10 heteroatoms. The summed E-state index contributed by atoms with van der Waals surface area (Å²) in [4.78, 5) is 0. The fourth-order valence-electron chi connectivity index (χ4n) is 4.36. The van der Waals surface area contributed by atoms with Crippen molar-refractivity contribution in [3.05, 3.63) is 48.5 Å².